The molecule has 8 heteroatoms. The Hall–Kier alpha value is -1.22. The Balaban J connectivity index is -0.000000512. The van der Waals surface area contributed by atoms with E-state index in [0.717, 1.165) is 77.3 Å². The Bertz CT molecular complexity index is 588. The van der Waals surface area contributed by atoms with Crippen molar-refractivity contribution in [2.45, 2.75) is 115 Å². The topological polar surface area (TPSA) is 74.4 Å². The van der Waals surface area contributed by atoms with Gasteiger partial charge in [-0.2, -0.15) is 0 Å². The van der Waals surface area contributed by atoms with Crippen molar-refractivity contribution in [1.82, 2.24) is 20.0 Å². The van der Waals surface area contributed by atoms with E-state index in [1.807, 2.05) is 48.6 Å². The maximum atomic E-state index is 11.3. The minimum absolute atomic E-state index is 0.165. The molecular weight excluding hydrogens is 528 g/mol. The van der Waals surface area contributed by atoms with E-state index in [2.05, 4.69) is 56.7 Å². The number of rotatable bonds is 11. The summed E-state index contributed by atoms with van der Waals surface area (Å²) in [5, 5.41) is 2.68. The van der Waals surface area contributed by atoms with Gasteiger partial charge < -0.3 is 19.7 Å². The molecule has 1 atom stereocenters. The molecule has 8 nitrogen and oxygen atoms in total. The van der Waals surface area contributed by atoms with Crippen LogP contribution in [0.5, 0.6) is 0 Å². The lowest BCUT2D eigenvalue weighted by Gasteiger charge is -2.32. The van der Waals surface area contributed by atoms with Crippen LogP contribution in [0.4, 0.5) is 0 Å². The number of amides is 2. The van der Waals surface area contributed by atoms with E-state index in [1.165, 1.54) is 32.2 Å². The van der Waals surface area contributed by atoms with Gasteiger partial charge in [0.05, 0.1) is 25.9 Å². The Kier molecular flexibility index (Phi) is 32.1. The first-order valence-corrected chi connectivity index (χ1v) is 16.8. The van der Waals surface area contributed by atoms with Crippen LogP contribution in [0.2, 0.25) is 0 Å². The summed E-state index contributed by atoms with van der Waals surface area (Å²) in [6.07, 6.45) is 6.08. The van der Waals surface area contributed by atoms with Crippen LogP contribution < -0.4 is 5.32 Å². The molecule has 0 aromatic rings. The van der Waals surface area contributed by atoms with E-state index in [4.69, 9.17) is 9.47 Å². The molecule has 2 rings (SSSR count). The fraction of sp³-hybridized carbons (Fsp3) is 0.941. The van der Waals surface area contributed by atoms with Gasteiger partial charge >= 0.3 is 0 Å². The minimum Gasteiger partial charge on any atom is -0.379 e. The van der Waals surface area contributed by atoms with Crippen molar-refractivity contribution in [3.63, 3.8) is 0 Å². The van der Waals surface area contributed by atoms with Crippen molar-refractivity contribution in [2.24, 2.45) is 17.3 Å². The number of carbonyl (C=O) groups is 2. The Labute approximate surface area is 262 Å². The van der Waals surface area contributed by atoms with Gasteiger partial charge in [-0.3, -0.25) is 19.4 Å². The van der Waals surface area contributed by atoms with Crippen LogP contribution in [0.25, 0.3) is 0 Å². The average molecular weight is 603 g/mol. The van der Waals surface area contributed by atoms with E-state index in [-0.39, 0.29) is 17.4 Å². The van der Waals surface area contributed by atoms with Crippen molar-refractivity contribution in [3.05, 3.63) is 0 Å². The number of nitrogens with zero attached hydrogens (tertiary/aromatic N) is 3. The average Bonchev–Trinajstić information content (AvgIpc) is 2.95. The molecular formula is C34H74N4O4. The molecule has 0 aromatic carbocycles. The summed E-state index contributed by atoms with van der Waals surface area (Å²) >= 11 is 0. The summed E-state index contributed by atoms with van der Waals surface area (Å²) in [6, 6.07) is 0. The third-order valence-corrected chi connectivity index (χ3v) is 6.30. The molecule has 2 saturated heterocycles. The van der Waals surface area contributed by atoms with Crippen LogP contribution in [0.1, 0.15) is 109 Å². The SMILES string of the molecule is CC.CC(C)C.CC(C)CCCN1CCOC(CNC=O)C1.CCCCN1CCOCC1.CCN(C)C(=O)C(C)(C)C. The molecule has 2 heterocycles. The van der Waals surface area contributed by atoms with Crippen LogP contribution >= 0.6 is 0 Å². The van der Waals surface area contributed by atoms with Gasteiger partial charge in [-0.1, -0.05) is 82.6 Å². The maximum Gasteiger partial charge on any atom is 0.227 e. The van der Waals surface area contributed by atoms with Gasteiger partial charge in [-0.15, -0.1) is 0 Å². The largest absolute Gasteiger partial charge is 0.379 e. The molecule has 1 unspecified atom stereocenters. The molecule has 2 aliphatic heterocycles. The number of nitrogens with one attached hydrogen (secondary N) is 1. The lowest BCUT2D eigenvalue weighted by molar-refractivity contribution is -0.137. The normalized spacial score (nSPS) is 17.3. The third-order valence-electron chi connectivity index (χ3n) is 6.30. The molecule has 2 aliphatic rings. The summed E-state index contributed by atoms with van der Waals surface area (Å²) in [6.45, 7) is 35.8. The second kappa shape index (κ2) is 29.8. The number of morpholine rings is 2. The quantitative estimate of drug-likeness (QED) is 0.285. The van der Waals surface area contributed by atoms with Crippen LogP contribution in [-0.4, -0.2) is 112 Å². The molecule has 2 amide bonds. The highest BCUT2D eigenvalue weighted by Gasteiger charge is 2.23. The van der Waals surface area contributed by atoms with Gasteiger partial charge in [0.25, 0.3) is 0 Å². The molecule has 0 bridgehead atoms. The summed E-state index contributed by atoms with van der Waals surface area (Å²) in [4.78, 5) is 28.2. The maximum absolute atomic E-state index is 11.3. The zero-order chi connectivity index (χ0) is 33.0. The molecule has 2 fully saturated rings. The first-order chi connectivity index (χ1) is 19.8. The summed E-state index contributed by atoms with van der Waals surface area (Å²) in [5.41, 5.74) is -0.231. The zero-order valence-electron chi connectivity index (χ0n) is 30.4. The van der Waals surface area contributed by atoms with Crippen molar-refractivity contribution >= 4 is 12.3 Å². The first kappa shape index (κ1) is 45.2. The molecule has 0 saturated carbocycles. The standard InChI is InChI=1S/C12H24N2O2.2C8H17NO.C4H10.C2H6/c1-11(2)4-3-5-14-6-7-16-12(9-14)8-13-10-15;1-2-3-4-9-5-7-10-8-6-9;1-6-9(5)7(10)8(2,3)4;1-4(2)3;1-2/h10-12H,3-9H2,1-2H3,(H,13,15);2-8H2,1H3;6H2,1-5H3;4H,1-3H3;1-2H3. The van der Waals surface area contributed by atoms with Crippen LogP contribution in [0.15, 0.2) is 0 Å². The molecule has 254 valence electrons. The minimum atomic E-state index is -0.231. The van der Waals surface area contributed by atoms with Crippen molar-refractivity contribution in [2.75, 3.05) is 79.2 Å². The first-order valence-electron chi connectivity index (χ1n) is 16.8. The van der Waals surface area contributed by atoms with Gasteiger partial charge in [-0.25, -0.2) is 0 Å². The number of hydrogen-bond acceptors (Lipinski definition) is 6. The smallest absolute Gasteiger partial charge is 0.227 e. The number of hydrogen-bond donors (Lipinski definition) is 1. The van der Waals surface area contributed by atoms with Gasteiger partial charge in [0.1, 0.15) is 0 Å². The Morgan fingerprint density at radius 2 is 1.48 bits per heavy atom. The summed E-state index contributed by atoms with van der Waals surface area (Å²) in [5.74, 6) is 1.82. The molecule has 0 spiro atoms. The van der Waals surface area contributed by atoms with Crippen molar-refractivity contribution < 1.29 is 19.1 Å². The fourth-order valence-corrected chi connectivity index (χ4v) is 3.93. The second-order valence-electron chi connectivity index (χ2n) is 13.0. The van der Waals surface area contributed by atoms with Crippen LogP contribution in [0.3, 0.4) is 0 Å². The Morgan fingerprint density at radius 1 is 0.952 bits per heavy atom. The molecule has 42 heavy (non-hydrogen) atoms. The van der Waals surface area contributed by atoms with E-state index in [9.17, 15) is 9.59 Å². The zero-order valence-corrected chi connectivity index (χ0v) is 30.4. The monoisotopic (exact) mass is 603 g/mol. The molecule has 0 radical (unpaired) electrons. The molecule has 1 N–H and O–H groups in total. The summed E-state index contributed by atoms with van der Waals surface area (Å²) < 4.78 is 10.8. The van der Waals surface area contributed by atoms with E-state index in [0.29, 0.717) is 6.54 Å². The van der Waals surface area contributed by atoms with Crippen molar-refractivity contribution in [3.8, 4) is 0 Å². The van der Waals surface area contributed by atoms with Gasteiger partial charge in [0, 0.05) is 51.7 Å². The molecule has 0 aliphatic carbocycles. The van der Waals surface area contributed by atoms with E-state index >= 15 is 0 Å². The highest BCUT2D eigenvalue weighted by Crippen LogP contribution is 2.15. The van der Waals surface area contributed by atoms with Gasteiger partial charge in [-0.05, 0) is 51.1 Å². The number of unbranched alkanes of at least 4 members (excludes halogenated alkanes) is 1. The van der Waals surface area contributed by atoms with Gasteiger partial charge in [0.2, 0.25) is 12.3 Å². The lowest BCUT2D eigenvalue weighted by Crippen LogP contribution is -2.46. The van der Waals surface area contributed by atoms with E-state index in [1.54, 1.807) is 4.90 Å². The van der Waals surface area contributed by atoms with Crippen LogP contribution in [-0.2, 0) is 19.1 Å². The predicted molar refractivity (Wildman–Crippen MR) is 181 cm³/mol. The molecule has 0 aromatic heterocycles. The van der Waals surface area contributed by atoms with Gasteiger partial charge in [0.15, 0.2) is 0 Å². The lowest BCUT2D eigenvalue weighted by atomic mass is 9.95. The third kappa shape index (κ3) is 30.2. The van der Waals surface area contributed by atoms with Crippen molar-refractivity contribution in [1.29, 1.82) is 0 Å². The second-order valence-corrected chi connectivity index (χ2v) is 13.0. The predicted octanol–water partition coefficient (Wildman–Crippen LogP) is 6.19. The number of ether oxygens (including phenoxy) is 2. The number of carbonyl (C=O) groups excluding carboxylic acids is 2. The van der Waals surface area contributed by atoms with Crippen LogP contribution in [0, 0.1) is 17.3 Å². The Morgan fingerprint density at radius 3 is 1.90 bits per heavy atom. The van der Waals surface area contributed by atoms with E-state index < -0.39 is 0 Å². The highest BCUT2D eigenvalue weighted by molar-refractivity contribution is 5.81. The highest BCUT2D eigenvalue weighted by atomic mass is 16.5. The summed E-state index contributed by atoms with van der Waals surface area (Å²) in [7, 11) is 1.83. The fourth-order valence-electron chi connectivity index (χ4n) is 3.93.